The van der Waals surface area contributed by atoms with Crippen LogP contribution in [0.3, 0.4) is 0 Å². The van der Waals surface area contributed by atoms with Crippen LogP contribution in [-0.2, 0) is 4.79 Å². The van der Waals surface area contributed by atoms with Gasteiger partial charge in [-0.2, -0.15) is 4.37 Å². The minimum Gasteiger partial charge on any atom is -0.392 e. The third-order valence-corrected chi connectivity index (χ3v) is 4.22. The molecule has 1 fully saturated rings. The molecule has 1 amide bonds. The van der Waals surface area contributed by atoms with Gasteiger partial charge in [0.05, 0.1) is 10.4 Å². The van der Waals surface area contributed by atoms with Gasteiger partial charge in [0, 0.05) is 11.5 Å². The number of nitrogens with zero attached hydrogens (tertiary/aromatic N) is 2. The highest BCUT2D eigenvalue weighted by atomic mass is 32.1. The van der Waals surface area contributed by atoms with Crippen molar-refractivity contribution >= 4 is 39.8 Å². The van der Waals surface area contributed by atoms with Gasteiger partial charge in [0.25, 0.3) is 0 Å². The molecule has 0 spiro atoms. The van der Waals surface area contributed by atoms with Gasteiger partial charge in [0.2, 0.25) is 11.0 Å². The van der Waals surface area contributed by atoms with Gasteiger partial charge >= 0.3 is 0 Å². The van der Waals surface area contributed by atoms with Crippen LogP contribution in [0.25, 0.3) is 0 Å². The molecule has 7 heteroatoms. The van der Waals surface area contributed by atoms with Crippen LogP contribution in [0.5, 0.6) is 0 Å². The second-order valence-corrected chi connectivity index (χ2v) is 5.45. The molecule has 0 atom stereocenters. The lowest BCUT2D eigenvalue weighted by atomic mass is 9.85. The van der Waals surface area contributed by atoms with Crippen molar-refractivity contribution in [1.29, 1.82) is 0 Å². The summed E-state index contributed by atoms with van der Waals surface area (Å²) in [5.74, 6) is 0.514. The highest BCUT2D eigenvalue weighted by molar-refractivity contribution is 7.80. The van der Waals surface area contributed by atoms with E-state index in [0.717, 1.165) is 25.7 Å². The van der Waals surface area contributed by atoms with Gasteiger partial charge in [-0.1, -0.05) is 25.1 Å². The standard InChI is InChI=1S/C10H14N4OS2/c1-6-12-9(17-14-6)13-8(15)10(7(11)16)4-2-3-5-10/h2-5H2,1H3,(H2,11,16)(H,12,13,14,15). The molecule has 1 aliphatic rings. The summed E-state index contributed by atoms with van der Waals surface area (Å²) >= 11 is 6.22. The molecule has 17 heavy (non-hydrogen) atoms. The zero-order valence-corrected chi connectivity index (χ0v) is 11.2. The summed E-state index contributed by atoms with van der Waals surface area (Å²) in [4.78, 5) is 16.6. The van der Waals surface area contributed by atoms with E-state index in [1.165, 1.54) is 11.5 Å². The maximum atomic E-state index is 12.2. The molecular formula is C10H14N4OS2. The molecule has 1 saturated carbocycles. The van der Waals surface area contributed by atoms with Crippen LogP contribution in [0.1, 0.15) is 31.5 Å². The molecule has 1 aromatic rings. The number of carbonyl (C=O) groups excluding carboxylic acids is 1. The van der Waals surface area contributed by atoms with E-state index < -0.39 is 5.41 Å². The predicted octanol–water partition coefficient (Wildman–Crippen LogP) is 1.63. The van der Waals surface area contributed by atoms with Crippen LogP contribution >= 0.6 is 23.8 Å². The lowest BCUT2D eigenvalue weighted by Crippen LogP contribution is -2.43. The Bertz CT molecular complexity index is 451. The summed E-state index contributed by atoms with van der Waals surface area (Å²) in [5.41, 5.74) is 5.04. The van der Waals surface area contributed by atoms with Gasteiger partial charge in [0.1, 0.15) is 5.82 Å². The Morgan fingerprint density at radius 2 is 2.18 bits per heavy atom. The van der Waals surface area contributed by atoms with Crippen molar-refractivity contribution in [3.8, 4) is 0 Å². The first kappa shape index (κ1) is 12.4. The van der Waals surface area contributed by atoms with Crippen molar-refractivity contribution in [3.05, 3.63) is 5.82 Å². The Morgan fingerprint density at radius 1 is 1.53 bits per heavy atom. The largest absolute Gasteiger partial charge is 0.392 e. The summed E-state index contributed by atoms with van der Waals surface area (Å²) in [5, 5.41) is 3.27. The summed E-state index contributed by atoms with van der Waals surface area (Å²) in [6, 6.07) is 0. The number of rotatable bonds is 3. The van der Waals surface area contributed by atoms with Gasteiger partial charge in [0.15, 0.2) is 0 Å². The van der Waals surface area contributed by atoms with Crippen molar-refractivity contribution < 1.29 is 4.79 Å². The van der Waals surface area contributed by atoms with Crippen molar-refractivity contribution in [1.82, 2.24) is 9.36 Å². The van der Waals surface area contributed by atoms with Crippen LogP contribution in [0.4, 0.5) is 5.13 Å². The maximum absolute atomic E-state index is 12.2. The fourth-order valence-electron chi connectivity index (χ4n) is 2.13. The quantitative estimate of drug-likeness (QED) is 0.816. The van der Waals surface area contributed by atoms with E-state index in [1.54, 1.807) is 6.92 Å². The summed E-state index contributed by atoms with van der Waals surface area (Å²) in [6.45, 7) is 1.78. The number of hydrogen-bond donors (Lipinski definition) is 2. The smallest absolute Gasteiger partial charge is 0.239 e. The van der Waals surface area contributed by atoms with E-state index in [4.69, 9.17) is 18.0 Å². The van der Waals surface area contributed by atoms with Crippen molar-refractivity contribution in [2.75, 3.05) is 5.32 Å². The molecule has 1 aromatic heterocycles. The maximum Gasteiger partial charge on any atom is 0.239 e. The lowest BCUT2D eigenvalue weighted by Gasteiger charge is -2.25. The van der Waals surface area contributed by atoms with E-state index in [-0.39, 0.29) is 10.9 Å². The van der Waals surface area contributed by atoms with Crippen LogP contribution in [-0.4, -0.2) is 20.3 Å². The van der Waals surface area contributed by atoms with E-state index >= 15 is 0 Å². The molecule has 1 heterocycles. The first-order chi connectivity index (χ1) is 8.04. The second-order valence-electron chi connectivity index (χ2n) is 4.25. The number of anilines is 1. The van der Waals surface area contributed by atoms with Gasteiger partial charge in [-0.15, -0.1) is 0 Å². The Kier molecular flexibility index (Phi) is 3.39. The van der Waals surface area contributed by atoms with Crippen molar-refractivity contribution in [2.24, 2.45) is 11.1 Å². The lowest BCUT2D eigenvalue weighted by molar-refractivity contribution is -0.122. The third-order valence-electron chi connectivity index (χ3n) is 3.11. The fourth-order valence-corrected chi connectivity index (χ4v) is 3.00. The number of amides is 1. The number of nitrogens with two attached hydrogens (primary N) is 1. The minimum atomic E-state index is -0.686. The van der Waals surface area contributed by atoms with Crippen LogP contribution < -0.4 is 11.1 Å². The average molecular weight is 270 g/mol. The molecule has 0 bridgehead atoms. The van der Waals surface area contributed by atoms with E-state index in [0.29, 0.717) is 11.0 Å². The predicted molar refractivity (Wildman–Crippen MR) is 71.0 cm³/mol. The number of nitrogens with one attached hydrogen (secondary N) is 1. The van der Waals surface area contributed by atoms with Crippen LogP contribution in [0.15, 0.2) is 0 Å². The zero-order valence-electron chi connectivity index (χ0n) is 9.52. The number of hydrogen-bond acceptors (Lipinski definition) is 5. The Hall–Kier alpha value is -1.08. The van der Waals surface area contributed by atoms with Crippen molar-refractivity contribution in [2.45, 2.75) is 32.6 Å². The summed E-state index contributed by atoms with van der Waals surface area (Å²) in [7, 11) is 0. The Morgan fingerprint density at radius 3 is 2.65 bits per heavy atom. The second kappa shape index (κ2) is 4.66. The first-order valence-electron chi connectivity index (χ1n) is 5.46. The zero-order chi connectivity index (χ0) is 12.5. The SMILES string of the molecule is Cc1nsc(NC(=O)C2(C(N)=S)CCCC2)n1. The molecule has 1 aliphatic carbocycles. The minimum absolute atomic E-state index is 0.140. The van der Waals surface area contributed by atoms with E-state index in [1.807, 2.05) is 0 Å². The molecule has 3 N–H and O–H groups in total. The molecule has 5 nitrogen and oxygen atoms in total. The average Bonchev–Trinajstić information content (AvgIpc) is 2.87. The molecule has 0 unspecified atom stereocenters. The summed E-state index contributed by atoms with van der Waals surface area (Å²) < 4.78 is 4.02. The molecule has 0 aliphatic heterocycles. The number of aryl methyl sites for hydroxylation is 1. The van der Waals surface area contributed by atoms with Gasteiger partial charge < -0.3 is 5.73 Å². The highest BCUT2D eigenvalue weighted by Crippen LogP contribution is 2.39. The Labute approximate surface area is 109 Å². The highest BCUT2D eigenvalue weighted by Gasteiger charge is 2.44. The van der Waals surface area contributed by atoms with Gasteiger partial charge in [-0.25, -0.2) is 4.98 Å². The van der Waals surface area contributed by atoms with Crippen LogP contribution in [0, 0.1) is 12.3 Å². The first-order valence-corrected chi connectivity index (χ1v) is 6.64. The third kappa shape index (κ3) is 2.30. The molecule has 92 valence electrons. The van der Waals surface area contributed by atoms with E-state index in [9.17, 15) is 4.79 Å². The summed E-state index contributed by atoms with van der Waals surface area (Å²) in [6.07, 6.45) is 3.43. The van der Waals surface area contributed by atoms with Crippen LogP contribution in [0.2, 0.25) is 0 Å². The topological polar surface area (TPSA) is 80.9 Å². The van der Waals surface area contributed by atoms with E-state index in [2.05, 4.69) is 14.7 Å². The van der Waals surface area contributed by atoms with Gasteiger partial charge in [-0.05, 0) is 19.8 Å². The number of carbonyl (C=O) groups is 1. The normalized spacial score (nSPS) is 17.9. The molecule has 2 rings (SSSR count). The monoisotopic (exact) mass is 270 g/mol. The molecule has 0 radical (unpaired) electrons. The molecule has 0 aromatic carbocycles. The fraction of sp³-hybridized carbons (Fsp3) is 0.600. The number of thiocarbonyl (C=S) groups is 1. The van der Waals surface area contributed by atoms with Gasteiger partial charge in [-0.3, -0.25) is 10.1 Å². The molecule has 0 saturated heterocycles. The Balaban J connectivity index is 2.15. The molecular weight excluding hydrogens is 256 g/mol. The number of aromatic nitrogens is 2. The van der Waals surface area contributed by atoms with Crippen molar-refractivity contribution in [3.63, 3.8) is 0 Å².